The van der Waals surface area contributed by atoms with E-state index in [0.29, 0.717) is 16.3 Å². The van der Waals surface area contributed by atoms with Crippen LogP contribution in [0.3, 0.4) is 0 Å². The fourth-order valence-corrected chi connectivity index (χ4v) is 1.77. The van der Waals surface area contributed by atoms with Crippen LogP contribution in [-0.4, -0.2) is 11.1 Å². The van der Waals surface area contributed by atoms with Crippen LogP contribution in [0.4, 0.5) is 4.39 Å². The van der Waals surface area contributed by atoms with E-state index in [1.807, 2.05) is 0 Å². The lowest BCUT2D eigenvalue weighted by atomic mass is 10.1. The van der Waals surface area contributed by atoms with Gasteiger partial charge in [0.2, 0.25) is 0 Å². The summed E-state index contributed by atoms with van der Waals surface area (Å²) < 4.78 is 18.7. The van der Waals surface area contributed by atoms with Crippen LogP contribution >= 0.6 is 11.6 Å². The van der Waals surface area contributed by atoms with Crippen LogP contribution in [0.15, 0.2) is 42.5 Å². The van der Waals surface area contributed by atoms with Crippen LogP contribution < -0.4 is 4.74 Å². The fraction of sp³-hybridized carbons (Fsp3) is 0.0714. The molecule has 2 rings (SSSR count). The summed E-state index contributed by atoms with van der Waals surface area (Å²) in [5.41, 5.74) is 0.315. The number of aromatic carboxylic acids is 1. The van der Waals surface area contributed by atoms with E-state index >= 15 is 0 Å². The minimum atomic E-state index is -1.18. The summed E-state index contributed by atoms with van der Waals surface area (Å²) in [6, 6.07) is 10.4. The standard InChI is InChI=1S/C14H10ClFO3/c15-12-3-1-2-4-13(12)19-8-9-5-10(14(17)18)7-11(16)6-9/h1-7H,8H2,(H,17,18). The normalized spacial score (nSPS) is 10.2. The number of carboxylic acids is 1. The Balaban J connectivity index is 2.16. The van der Waals surface area contributed by atoms with Crippen LogP contribution in [0.1, 0.15) is 15.9 Å². The van der Waals surface area contributed by atoms with Gasteiger partial charge in [-0.3, -0.25) is 0 Å². The van der Waals surface area contributed by atoms with E-state index in [-0.39, 0.29) is 12.2 Å². The van der Waals surface area contributed by atoms with Crippen LogP contribution in [0, 0.1) is 5.82 Å². The van der Waals surface area contributed by atoms with Gasteiger partial charge in [-0.15, -0.1) is 0 Å². The summed E-state index contributed by atoms with van der Waals surface area (Å²) in [5.74, 6) is -1.33. The largest absolute Gasteiger partial charge is 0.487 e. The minimum Gasteiger partial charge on any atom is -0.487 e. The Bertz CT molecular complexity index is 613. The van der Waals surface area contributed by atoms with Gasteiger partial charge in [-0.25, -0.2) is 9.18 Å². The van der Waals surface area contributed by atoms with Gasteiger partial charge in [0.1, 0.15) is 18.2 Å². The molecule has 0 atom stereocenters. The molecule has 0 saturated carbocycles. The summed E-state index contributed by atoms with van der Waals surface area (Å²) in [6.07, 6.45) is 0. The molecular formula is C14H10ClFO3. The van der Waals surface area contributed by atoms with E-state index in [1.54, 1.807) is 24.3 Å². The van der Waals surface area contributed by atoms with Gasteiger partial charge < -0.3 is 9.84 Å². The lowest BCUT2D eigenvalue weighted by Gasteiger charge is -2.08. The molecular weight excluding hydrogens is 271 g/mol. The van der Waals surface area contributed by atoms with Crippen LogP contribution in [0.25, 0.3) is 0 Å². The Morgan fingerprint density at radius 2 is 2.00 bits per heavy atom. The average Bonchev–Trinajstić information content (AvgIpc) is 2.37. The molecule has 0 heterocycles. The summed E-state index contributed by atoms with van der Waals surface area (Å²) >= 11 is 5.91. The molecule has 0 amide bonds. The van der Waals surface area contributed by atoms with E-state index in [1.165, 1.54) is 12.1 Å². The van der Waals surface area contributed by atoms with E-state index in [2.05, 4.69) is 0 Å². The molecule has 0 spiro atoms. The van der Waals surface area contributed by atoms with Gasteiger partial charge in [0.25, 0.3) is 0 Å². The molecule has 0 bridgehead atoms. The maximum absolute atomic E-state index is 13.2. The topological polar surface area (TPSA) is 46.5 Å². The molecule has 0 unspecified atom stereocenters. The van der Waals surface area contributed by atoms with E-state index < -0.39 is 11.8 Å². The first-order valence-electron chi connectivity index (χ1n) is 5.46. The van der Waals surface area contributed by atoms with Gasteiger partial charge >= 0.3 is 5.97 Å². The molecule has 2 aromatic rings. The minimum absolute atomic E-state index is 0.0434. The zero-order valence-corrected chi connectivity index (χ0v) is 10.5. The number of para-hydroxylation sites is 1. The van der Waals surface area contributed by atoms with Crippen molar-refractivity contribution in [3.63, 3.8) is 0 Å². The van der Waals surface area contributed by atoms with Crippen LogP contribution in [0.5, 0.6) is 5.75 Å². The Hall–Kier alpha value is -2.07. The first kappa shape index (κ1) is 13.4. The SMILES string of the molecule is O=C(O)c1cc(F)cc(COc2ccccc2Cl)c1. The molecule has 98 valence electrons. The number of carbonyl (C=O) groups is 1. The Morgan fingerprint density at radius 3 is 2.68 bits per heavy atom. The van der Waals surface area contributed by atoms with Crippen molar-refractivity contribution in [1.29, 1.82) is 0 Å². The maximum Gasteiger partial charge on any atom is 0.335 e. The second kappa shape index (κ2) is 5.71. The van der Waals surface area contributed by atoms with E-state index in [0.717, 1.165) is 6.07 Å². The number of carboxylic acid groups (broad SMARTS) is 1. The molecule has 5 heteroatoms. The number of hydrogen-bond donors (Lipinski definition) is 1. The highest BCUT2D eigenvalue weighted by Gasteiger charge is 2.08. The molecule has 0 aromatic heterocycles. The monoisotopic (exact) mass is 280 g/mol. The van der Waals surface area contributed by atoms with Crippen LogP contribution in [-0.2, 0) is 6.61 Å². The van der Waals surface area contributed by atoms with Crippen molar-refractivity contribution in [2.24, 2.45) is 0 Å². The highest BCUT2D eigenvalue weighted by molar-refractivity contribution is 6.32. The second-order valence-electron chi connectivity index (χ2n) is 3.87. The van der Waals surface area contributed by atoms with Gasteiger partial charge in [-0.1, -0.05) is 23.7 Å². The predicted octanol–water partition coefficient (Wildman–Crippen LogP) is 3.76. The maximum atomic E-state index is 13.2. The van der Waals surface area contributed by atoms with Gasteiger partial charge in [0.15, 0.2) is 0 Å². The molecule has 0 saturated heterocycles. The van der Waals surface area contributed by atoms with Gasteiger partial charge in [0.05, 0.1) is 10.6 Å². The van der Waals surface area contributed by atoms with Gasteiger partial charge in [-0.2, -0.15) is 0 Å². The summed E-state index contributed by atoms with van der Waals surface area (Å²) in [7, 11) is 0. The third-order valence-electron chi connectivity index (χ3n) is 2.44. The number of halogens is 2. The number of rotatable bonds is 4. The summed E-state index contributed by atoms with van der Waals surface area (Å²) in [6.45, 7) is 0.0434. The quantitative estimate of drug-likeness (QED) is 0.927. The zero-order valence-electron chi connectivity index (χ0n) is 9.77. The van der Waals surface area contributed by atoms with Gasteiger partial charge in [-0.05, 0) is 35.9 Å². The van der Waals surface area contributed by atoms with Crippen LogP contribution in [0.2, 0.25) is 5.02 Å². The zero-order chi connectivity index (χ0) is 13.8. The Morgan fingerprint density at radius 1 is 1.26 bits per heavy atom. The van der Waals surface area contributed by atoms with Crippen molar-refractivity contribution < 1.29 is 19.0 Å². The average molecular weight is 281 g/mol. The number of benzene rings is 2. The van der Waals surface area contributed by atoms with Crippen molar-refractivity contribution in [2.45, 2.75) is 6.61 Å². The Labute approximate surface area is 114 Å². The first-order chi connectivity index (χ1) is 9.06. The Kier molecular flexibility index (Phi) is 4.02. The molecule has 1 N–H and O–H groups in total. The fourth-order valence-electron chi connectivity index (χ4n) is 1.58. The number of hydrogen-bond acceptors (Lipinski definition) is 2. The van der Waals surface area contributed by atoms with Crippen molar-refractivity contribution in [1.82, 2.24) is 0 Å². The summed E-state index contributed by atoms with van der Waals surface area (Å²) in [5, 5.41) is 9.28. The highest BCUT2D eigenvalue weighted by Crippen LogP contribution is 2.24. The lowest BCUT2D eigenvalue weighted by Crippen LogP contribution is -2.02. The summed E-state index contributed by atoms with van der Waals surface area (Å²) in [4.78, 5) is 10.8. The molecule has 3 nitrogen and oxygen atoms in total. The molecule has 0 fully saturated rings. The molecule has 0 aliphatic heterocycles. The molecule has 0 radical (unpaired) electrons. The van der Waals surface area contributed by atoms with Crippen molar-refractivity contribution >= 4 is 17.6 Å². The molecule has 19 heavy (non-hydrogen) atoms. The second-order valence-corrected chi connectivity index (χ2v) is 4.28. The highest BCUT2D eigenvalue weighted by atomic mass is 35.5. The third kappa shape index (κ3) is 3.45. The van der Waals surface area contributed by atoms with E-state index in [9.17, 15) is 9.18 Å². The van der Waals surface area contributed by atoms with Crippen molar-refractivity contribution in [3.05, 3.63) is 64.4 Å². The van der Waals surface area contributed by atoms with Gasteiger partial charge in [0, 0.05) is 0 Å². The molecule has 0 aliphatic carbocycles. The predicted molar refractivity (Wildman–Crippen MR) is 69.1 cm³/mol. The third-order valence-corrected chi connectivity index (χ3v) is 2.75. The van der Waals surface area contributed by atoms with Crippen molar-refractivity contribution in [2.75, 3.05) is 0 Å². The molecule has 2 aromatic carbocycles. The number of ether oxygens (including phenoxy) is 1. The smallest absolute Gasteiger partial charge is 0.335 e. The molecule has 0 aliphatic rings. The van der Waals surface area contributed by atoms with Crippen molar-refractivity contribution in [3.8, 4) is 5.75 Å². The lowest BCUT2D eigenvalue weighted by molar-refractivity contribution is 0.0696. The van der Waals surface area contributed by atoms with E-state index in [4.69, 9.17) is 21.4 Å². The first-order valence-corrected chi connectivity index (χ1v) is 5.84.